The molecule has 1 saturated heterocycles. The maximum absolute atomic E-state index is 13.1. The molecule has 2 unspecified atom stereocenters. The van der Waals surface area contributed by atoms with E-state index in [4.69, 9.17) is 0 Å². The van der Waals surface area contributed by atoms with Crippen LogP contribution in [0.1, 0.15) is 35.6 Å². The Labute approximate surface area is 128 Å². The fourth-order valence-electron chi connectivity index (χ4n) is 3.07. The molecule has 0 spiro atoms. The van der Waals surface area contributed by atoms with Gasteiger partial charge < -0.3 is 5.32 Å². The van der Waals surface area contributed by atoms with Gasteiger partial charge in [0.05, 0.1) is 18.6 Å². The minimum Gasteiger partial charge on any atom is -0.348 e. The van der Waals surface area contributed by atoms with Crippen molar-refractivity contribution < 1.29 is 13.6 Å². The Morgan fingerprint density at radius 1 is 1.43 bits per heavy atom. The Morgan fingerprint density at radius 2 is 2.19 bits per heavy atom. The van der Waals surface area contributed by atoms with Crippen LogP contribution in [0.25, 0.3) is 0 Å². The van der Waals surface area contributed by atoms with Gasteiger partial charge in [-0.05, 0) is 30.9 Å². The highest BCUT2D eigenvalue weighted by Crippen LogP contribution is 2.32. The van der Waals surface area contributed by atoms with Crippen molar-refractivity contribution in [1.82, 2.24) is 10.6 Å². The maximum atomic E-state index is 13.1. The van der Waals surface area contributed by atoms with Gasteiger partial charge in [-0.25, -0.2) is 8.78 Å². The third kappa shape index (κ3) is 3.35. The minimum absolute atomic E-state index is 0. The molecule has 0 radical (unpaired) electrons. The Hall–Kier alpha value is -1.20. The molecule has 6 heteroatoms. The molecule has 1 amide bonds. The molecular formula is C15H19ClF2N2O. The first-order valence-corrected chi connectivity index (χ1v) is 6.96. The molecule has 2 N–H and O–H groups in total. The molecule has 1 aliphatic heterocycles. The van der Waals surface area contributed by atoms with Gasteiger partial charge in [-0.2, -0.15) is 0 Å². The summed E-state index contributed by atoms with van der Waals surface area (Å²) in [5.41, 5.74) is 3.57. The molecule has 116 valence electrons. The van der Waals surface area contributed by atoms with Crippen LogP contribution in [0.3, 0.4) is 0 Å². The zero-order chi connectivity index (χ0) is 14.3. The van der Waals surface area contributed by atoms with E-state index in [1.54, 1.807) is 0 Å². The van der Waals surface area contributed by atoms with Crippen LogP contribution in [0.4, 0.5) is 8.78 Å². The van der Waals surface area contributed by atoms with Crippen molar-refractivity contribution in [1.29, 1.82) is 0 Å². The number of halogens is 3. The summed E-state index contributed by atoms with van der Waals surface area (Å²) in [6, 6.07) is 5.35. The first kappa shape index (κ1) is 16.2. The van der Waals surface area contributed by atoms with Crippen LogP contribution in [0, 0.1) is 6.92 Å². The summed E-state index contributed by atoms with van der Waals surface area (Å²) >= 11 is 0. The largest absolute Gasteiger partial charge is 0.348 e. The summed E-state index contributed by atoms with van der Waals surface area (Å²) in [4.78, 5) is 12.1. The molecule has 1 aromatic rings. The molecule has 0 saturated carbocycles. The highest BCUT2D eigenvalue weighted by atomic mass is 35.5. The number of hydrogen-bond donors (Lipinski definition) is 2. The van der Waals surface area contributed by atoms with Crippen LogP contribution in [-0.2, 0) is 11.2 Å². The number of amides is 1. The van der Waals surface area contributed by atoms with Gasteiger partial charge in [0.15, 0.2) is 0 Å². The monoisotopic (exact) mass is 316 g/mol. The summed E-state index contributed by atoms with van der Waals surface area (Å²) in [5.74, 6) is -3.09. The van der Waals surface area contributed by atoms with Crippen molar-refractivity contribution in [3.05, 3.63) is 34.9 Å². The third-order valence-corrected chi connectivity index (χ3v) is 4.12. The number of carbonyl (C=O) groups is 1. The van der Waals surface area contributed by atoms with E-state index in [1.807, 2.05) is 19.1 Å². The van der Waals surface area contributed by atoms with Crippen molar-refractivity contribution in [2.24, 2.45) is 0 Å². The number of carbonyl (C=O) groups excluding carboxylic acids is 1. The van der Waals surface area contributed by atoms with Gasteiger partial charge in [0.25, 0.3) is 5.92 Å². The lowest BCUT2D eigenvalue weighted by Gasteiger charge is -2.17. The first-order chi connectivity index (χ1) is 9.44. The Balaban J connectivity index is 0.00000161. The Morgan fingerprint density at radius 3 is 2.86 bits per heavy atom. The van der Waals surface area contributed by atoms with Gasteiger partial charge in [0, 0.05) is 6.42 Å². The molecule has 0 bridgehead atoms. The average Bonchev–Trinajstić information content (AvgIpc) is 2.93. The first-order valence-electron chi connectivity index (χ1n) is 6.96. The zero-order valence-corrected chi connectivity index (χ0v) is 12.6. The van der Waals surface area contributed by atoms with E-state index in [0.717, 1.165) is 18.4 Å². The molecule has 1 fully saturated rings. The van der Waals surface area contributed by atoms with Gasteiger partial charge in [0.1, 0.15) is 0 Å². The van der Waals surface area contributed by atoms with Crippen molar-refractivity contribution >= 4 is 18.3 Å². The standard InChI is InChI=1S/C15H18F2N2O.ClH/c1-9-2-4-11-10(6-9)3-5-12(11)19-14(20)13-7-15(16,17)8-18-13;/h2,4,6,12-13,18H,3,5,7-8H2,1H3,(H,19,20);1H. The predicted octanol–water partition coefficient (Wildman–Crippen LogP) is 2.52. The molecule has 0 aromatic heterocycles. The molecule has 1 heterocycles. The lowest BCUT2D eigenvalue weighted by Crippen LogP contribution is -2.41. The molecular weight excluding hydrogens is 298 g/mol. The highest BCUT2D eigenvalue weighted by Gasteiger charge is 2.42. The van der Waals surface area contributed by atoms with E-state index in [2.05, 4.69) is 16.7 Å². The van der Waals surface area contributed by atoms with Crippen molar-refractivity contribution in [2.45, 2.75) is 44.2 Å². The smallest absolute Gasteiger partial charge is 0.262 e. The van der Waals surface area contributed by atoms with Gasteiger partial charge in [-0.15, -0.1) is 12.4 Å². The van der Waals surface area contributed by atoms with Crippen molar-refractivity contribution in [3.63, 3.8) is 0 Å². The summed E-state index contributed by atoms with van der Waals surface area (Å²) in [5, 5.41) is 5.49. The van der Waals surface area contributed by atoms with Crippen LogP contribution >= 0.6 is 12.4 Å². The van der Waals surface area contributed by atoms with E-state index in [1.165, 1.54) is 11.1 Å². The molecule has 1 aliphatic carbocycles. The normalized spacial score (nSPS) is 26.0. The molecule has 2 atom stereocenters. The molecule has 21 heavy (non-hydrogen) atoms. The van der Waals surface area contributed by atoms with E-state index < -0.39 is 24.9 Å². The highest BCUT2D eigenvalue weighted by molar-refractivity contribution is 5.85. The second-order valence-electron chi connectivity index (χ2n) is 5.80. The van der Waals surface area contributed by atoms with Crippen LogP contribution in [-0.4, -0.2) is 24.4 Å². The lowest BCUT2D eigenvalue weighted by atomic mass is 10.0. The van der Waals surface area contributed by atoms with Gasteiger partial charge in [-0.1, -0.05) is 23.8 Å². The third-order valence-electron chi connectivity index (χ3n) is 4.12. The average molecular weight is 317 g/mol. The maximum Gasteiger partial charge on any atom is 0.262 e. The van der Waals surface area contributed by atoms with Gasteiger partial charge in [0.2, 0.25) is 5.91 Å². The molecule has 1 aromatic carbocycles. The number of fused-ring (bicyclic) bond motifs is 1. The number of aryl methyl sites for hydroxylation is 2. The van der Waals surface area contributed by atoms with E-state index >= 15 is 0 Å². The summed E-state index contributed by atoms with van der Waals surface area (Å²) < 4.78 is 26.2. The number of nitrogens with one attached hydrogen (secondary N) is 2. The number of hydrogen-bond acceptors (Lipinski definition) is 2. The lowest BCUT2D eigenvalue weighted by molar-refractivity contribution is -0.124. The minimum atomic E-state index is -2.77. The molecule has 2 aliphatic rings. The van der Waals surface area contributed by atoms with Crippen LogP contribution in [0.5, 0.6) is 0 Å². The van der Waals surface area contributed by atoms with Crippen molar-refractivity contribution in [2.75, 3.05) is 6.54 Å². The second-order valence-corrected chi connectivity index (χ2v) is 5.80. The number of alkyl halides is 2. The fraction of sp³-hybridized carbons (Fsp3) is 0.533. The number of benzene rings is 1. The van der Waals surface area contributed by atoms with Gasteiger partial charge in [-0.3, -0.25) is 10.1 Å². The zero-order valence-electron chi connectivity index (χ0n) is 11.8. The van der Waals surface area contributed by atoms with E-state index in [0.29, 0.717) is 0 Å². The summed E-state index contributed by atoms with van der Waals surface area (Å²) in [6.45, 7) is 1.63. The predicted molar refractivity (Wildman–Crippen MR) is 79.0 cm³/mol. The van der Waals surface area contributed by atoms with Crippen LogP contribution in [0.15, 0.2) is 18.2 Å². The van der Waals surface area contributed by atoms with Crippen LogP contribution in [0.2, 0.25) is 0 Å². The topological polar surface area (TPSA) is 41.1 Å². The second kappa shape index (κ2) is 5.89. The summed E-state index contributed by atoms with van der Waals surface area (Å²) in [7, 11) is 0. The van der Waals surface area contributed by atoms with E-state index in [-0.39, 0.29) is 24.4 Å². The van der Waals surface area contributed by atoms with Gasteiger partial charge >= 0.3 is 0 Å². The van der Waals surface area contributed by atoms with Crippen LogP contribution < -0.4 is 10.6 Å². The van der Waals surface area contributed by atoms with E-state index in [9.17, 15) is 13.6 Å². The SMILES string of the molecule is Cc1ccc2c(c1)CCC2NC(=O)C1CC(F)(F)CN1.Cl. The fourth-order valence-corrected chi connectivity index (χ4v) is 3.07. The molecule has 3 nitrogen and oxygen atoms in total. The van der Waals surface area contributed by atoms with Crippen molar-refractivity contribution in [3.8, 4) is 0 Å². The number of rotatable bonds is 2. The summed E-state index contributed by atoms with van der Waals surface area (Å²) in [6.07, 6.45) is 1.36. The Bertz CT molecular complexity index is 550. The molecule has 3 rings (SSSR count). The quantitative estimate of drug-likeness (QED) is 0.880. The Kier molecular flexibility index (Phi) is 4.54.